The van der Waals surface area contributed by atoms with Crippen LogP contribution in [0.15, 0.2) is 36.2 Å². The van der Waals surface area contributed by atoms with E-state index in [9.17, 15) is 22.8 Å². The summed E-state index contributed by atoms with van der Waals surface area (Å²) in [6.07, 6.45) is -3.35. The predicted octanol–water partition coefficient (Wildman–Crippen LogP) is 3.22. The van der Waals surface area contributed by atoms with E-state index in [0.29, 0.717) is 12.0 Å². The highest BCUT2D eigenvalue weighted by molar-refractivity contribution is 5.92. The number of hydrogen-bond donors (Lipinski definition) is 1. The van der Waals surface area contributed by atoms with Gasteiger partial charge in [-0.2, -0.15) is 13.2 Å². The van der Waals surface area contributed by atoms with Crippen LogP contribution in [0.3, 0.4) is 0 Å². The van der Waals surface area contributed by atoms with Gasteiger partial charge in [-0.3, -0.25) is 14.9 Å². The van der Waals surface area contributed by atoms with Gasteiger partial charge in [0.25, 0.3) is 5.91 Å². The molecule has 0 spiro atoms. The highest BCUT2D eigenvalue weighted by Crippen LogP contribution is 2.29. The summed E-state index contributed by atoms with van der Waals surface area (Å²) >= 11 is 0. The van der Waals surface area contributed by atoms with Gasteiger partial charge in [0.2, 0.25) is 0 Å². The lowest BCUT2D eigenvalue weighted by Gasteiger charge is -2.10. The van der Waals surface area contributed by atoms with Gasteiger partial charge < -0.3 is 4.74 Å². The standard InChI is InChI=1S/C17H18F3NO3/c1-10(2)15-16(23)21-14(24-15)9-13(22)8-5-11-3-6-12(7-4-11)17(18,19)20/h3-4,6-7,9-10,15H,5,8H2,1-2H3,(H,21,23)/b14-9+/t15-/m0/s1. The van der Waals surface area contributed by atoms with Crippen molar-refractivity contribution in [1.82, 2.24) is 5.32 Å². The average molecular weight is 341 g/mol. The molecule has 2 rings (SSSR count). The van der Waals surface area contributed by atoms with Crippen molar-refractivity contribution in [1.29, 1.82) is 0 Å². The van der Waals surface area contributed by atoms with Gasteiger partial charge in [0.05, 0.1) is 5.56 Å². The molecule has 4 nitrogen and oxygen atoms in total. The highest BCUT2D eigenvalue weighted by Gasteiger charge is 2.32. The maximum atomic E-state index is 12.5. The third kappa shape index (κ3) is 4.59. The molecule has 0 saturated carbocycles. The third-order valence-corrected chi connectivity index (χ3v) is 3.60. The fourth-order valence-electron chi connectivity index (χ4n) is 2.27. The number of ketones is 1. The fraction of sp³-hybridized carbons (Fsp3) is 0.412. The molecule has 1 aliphatic rings. The van der Waals surface area contributed by atoms with E-state index in [2.05, 4.69) is 5.32 Å². The maximum absolute atomic E-state index is 12.5. The van der Waals surface area contributed by atoms with Crippen molar-refractivity contribution in [3.05, 3.63) is 47.4 Å². The first kappa shape index (κ1) is 18.0. The first-order chi connectivity index (χ1) is 11.2. The molecule has 1 saturated heterocycles. The molecule has 0 aromatic heterocycles. The van der Waals surface area contributed by atoms with Crippen LogP contribution in [-0.2, 0) is 26.9 Å². The number of rotatable bonds is 5. The molecule has 0 bridgehead atoms. The van der Waals surface area contributed by atoms with Gasteiger partial charge in [-0.1, -0.05) is 26.0 Å². The number of carbonyl (C=O) groups excluding carboxylic acids is 2. The van der Waals surface area contributed by atoms with E-state index in [0.717, 1.165) is 12.1 Å². The minimum Gasteiger partial charge on any atom is -0.465 e. The summed E-state index contributed by atoms with van der Waals surface area (Å²) < 4.78 is 42.8. The van der Waals surface area contributed by atoms with E-state index < -0.39 is 17.8 Å². The van der Waals surface area contributed by atoms with Crippen LogP contribution in [-0.4, -0.2) is 17.8 Å². The summed E-state index contributed by atoms with van der Waals surface area (Å²) in [6, 6.07) is 4.69. The van der Waals surface area contributed by atoms with Gasteiger partial charge in [-0.25, -0.2) is 0 Å². The summed E-state index contributed by atoms with van der Waals surface area (Å²) in [4.78, 5) is 23.5. The molecule has 0 aliphatic carbocycles. The van der Waals surface area contributed by atoms with Crippen LogP contribution in [0.1, 0.15) is 31.4 Å². The minimum atomic E-state index is -4.37. The maximum Gasteiger partial charge on any atom is 0.416 e. The van der Waals surface area contributed by atoms with Crippen LogP contribution < -0.4 is 5.32 Å². The van der Waals surface area contributed by atoms with E-state index in [1.807, 2.05) is 13.8 Å². The quantitative estimate of drug-likeness (QED) is 0.837. The van der Waals surface area contributed by atoms with E-state index >= 15 is 0 Å². The molecule has 0 radical (unpaired) electrons. The van der Waals surface area contributed by atoms with Crippen molar-refractivity contribution in [2.75, 3.05) is 0 Å². The number of halogens is 3. The fourth-order valence-corrected chi connectivity index (χ4v) is 2.27. The number of carbonyl (C=O) groups is 2. The van der Waals surface area contributed by atoms with E-state index in [1.165, 1.54) is 18.2 Å². The van der Waals surface area contributed by atoms with Gasteiger partial charge >= 0.3 is 6.18 Å². The highest BCUT2D eigenvalue weighted by atomic mass is 19.4. The van der Waals surface area contributed by atoms with Gasteiger partial charge in [0.15, 0.2) is 17.8 Å². The molecule has 1 atom stereocenters. The van der Waals surface area contributed by atoms with Crippen molar-refractivity contribution in [2.45, 2.75) is 39.0 Å². The second kappa shape index (κ2) is 7.07. The Bertz CT molecular complexity index is 648. The van der Waals surface area contributed by atoms with Gasteiger partial charge in [-0.15, -0.1) is 0 Å². The number of amides is 1. The Morgan fingerprint density at radius 3 is 2.42 bits per heavy atom. The molecular weight excluding hydrogens is 323 g/mol. The summed E-state index contributed by atoms with van der Waals surface area (Å²) in [5.74, 6) is -0.448. The van der Waals surface area contributed by atoms with Crippen LogP contribution in [0, 0.1) is 5.92 Å². The monoisotopic (exact) mass is 341 g/mol. The molecule has 24 heavy (non-hydrogen) atoms. The molecule has 0 unspecified atom stereocenters. The number of benzene rings is 1. The largest absolute Gasteiger partial charge is 0.465 e. The normalized spacial score (nSPS) is 19.5. The van der Waals surface area contributed by atoms with Crippen molar-refractivity contribution >= 4 is 11.7 Å². The lowest BCUT2D eigenvalue weighted by molar-refractivity contribution is -0.137. The molecule has 1 heterocycles. The number of ether oxygens (including phenoxy) is 1. The molecule has 1 aromatic rings. The lowest BCUT2D eigenvalue weighted by Crippen LogP contribution is -2.27. The molecule has 1 N–H and O–H groups in total. The predicted molar refractivity (Wildman–Crippen MR) is 80.7 cm³/mol. The zero-order valence-corrected chi connectivity index (χ0v) is 13.3. The Kier molecular flexibility index (Phi) is 5.31. The average Bonchev–Trinajstić information content (AvgIpc) is 2.85. The van der Waals surface area contributed by atoms with Crippen LogP contribution in [0.4, 0.5) is 13.2 Å². The molecule has 1 amide bonds. The molecule has 7 heteroatoms. The van der Waals surface area contributed by atoms with Crippen LogP contribution in [0.2, 0.25) is 0 Å². The van der Waals surface area contributed by atoms with Gasteiger partial charge in [0, 0.05) is 12.5 Å². The van der Waals surface area contributed by atoms with E-state index in [4.69, 9.17) is 4.74 Å². The lowest BCUT2D eigenvalue weighted by atomic mass is 10.1. The summed E-state index contributed by atoms with van der Waals surface area (Å²) in [7, 11) is 0. The molecule has 1 aromatic carbocycles. The zero-order valence-electron chi connectivity index (χ0n) is 13.3. The van der Waals surface area contributed by atoms with Gasteiger partial charge in [-0.05, 0) is 30.0 Å². The Balaban J connectivity index is 1.90. The Morgan fingerprint density at radius 2 is 1.92 bits per heavy atom. The van der Waals surface area contributed by atoms with Crippen LogP contribution >= 0.6 is 0 Å². The summed E-state index contributed by atoms with van der Waals surface area (Å²) in [5.41, 5.74) is -0.0901. The smallest absolute Gasteiger partial charge is 0.416 e. The molecule has 130 valence electrons. The topological polar surface area (TPSA) is 55.4 Å². The second-order valence-corrected chi connectivity index (χ2v) is 5.94. The van der Waals surface area contributed by atoms with Crippen molar-refractivity contribution in [3.63, 3.8) is 0 Å². The molecule has 1 aliphatic heterocycles. The number of alkyl halides is 3. The second-order valence-electron chi connectivity index (χ2n) is 5.94. The first-order valence-electron chi connectivity index (χ1n) is 7.55. The van der Waals surface area contributed by atoms with Crippen molar-refractivity contribution < 1.29 is 27.5 Å². The summed E-state index contributed by atoms with van der Waals surface area (Å²) in [6.45, 7) is 3.67. The van der Waals surface area contributed by atoms with Crippen LogP contribution in [0.25, 0.3) is 0 Å². The number of aryl methyl sites for hydroxylation is 1. The Hall–Kier alpha value is -2.31. The van der Waals surface area contributed by atoms with Crippen molar-refractivity contribution in [2.24, 2.45) is 5.92 Å². The Labute approximate surface area is 137 Å². The SMILES string of the molecule is CC(C)[C@@H]1O/C(=C/C(=O)CCc2ccc(C(F)(F)F)cc2)NC1=O. The minimum absolute atomic E-state index is 0.0156. The first-order valence-corrected chi connectivity index (χ1v) is 7.55. The van der Waals surface area contributed by atoms with E-state index in [1.54, 1.807) is 0 Å². The molecular formula is C17H18F3NO3. The number of hydrogen-bond acceptors (Lipinski definition) is 3. The van der Waals surface area contributed by atoms with Crippen molar-refractivity contribution in [3.8, 4) is 0 Å². The van der Waals surface area contributed by atoms with Crippen LogP contribution in [0.5, 0.6) is 0 Å². The molecule has 1 fully saturated rings. The van der Waals surface area contributed by atoms with E-state index in [-0.39, 0.29) is 29.9 Å². The summed E-state index contributed by atoms with van der Waals surface area (Å²) in [5, 5.41) is 2.49. The number of nitrogens with one attached hydrogen (secondary N) is 1. The van der Waals surface area contributed by atoms with Gasteiger partial charge in [0.1, 0.15) is 0 Å². The zero-order chi connectivity index (χ0) is 17.9. The number of allylic oxidation sites excluding steroid dienone is 1. The Morgan fingerprint density at radius 1 is 1.29 bits per heavy atom. The third-order valence-electron chi connectivity index (χ3n) is 3.60.